The topological polar surface area (TPSA) is 15.3 Å². The van der Waals surface area contributed by atoms with Crippen molar-refractivity contribution in [2.75, 3.05) is 25.4 Å². The standard InChI is InChI=1S/C16H27BrN2S/c1-5-19(6-2)9-10-20-15-8-7-14(16(17)11-15)12-18-13(3)4/h7-8,11,13,18H,5-6,9-10,12H2,1-4H3. The molecule has 0 unspecified atom stereocenters. The summed E-state index contributed by atoms with van der Waals surface area (Å²) in [5, 5.41) is 3.45. The van der Waals surface area contributed by atoms with E-state index in [0.29, 0.717) is 6.04 Å². The average molecular weight is 359 g/mol. The van der Waals surface area contributed by atoms with Gasteiger partial charge in [-0.05, 0) is 30.8 Å². The Morgan fingerprint density at radius 1 is 1.25 bits per heavy atom. The lowest BCUT2D eigenvalue weighted by molar-refractivity contribution is 0.324. The summed E-state index contributed by atoms with van der Waals surface area (Å²) < 4.78 is 1.21. The third-order valence-electron chi connectivity index (χ3n) is 3.30. The van der Waals surface area contributed by atoms with E-state index in [2.05, 4.69) is 72.0 Å². The van der Waals surface area contributed by atoms with Crippen molar-refractivity contribution in [3.63, 3.8) is 0 Å². The molecule has 0 aliphatic heterocycles. The van der Waals surface area contributed by atoms with Gasteiger partial charge in [0.2, 0.25) is 0 Å². The molecule has 0 aliphatic carbocycles. The van der Waals surface area contributed by atoms with Gasteiger partial charge < -0.3 is 10.2 Å². The molecule has 114 valence electrons. The summed E-state index contributed by atoms with van der Waals surface area (Å²) in [6.07, 6.45) is 0. The van der Waals surface area contributed by atoms with Crippen LogP contribution in [0.2, 0.25) is 0 Å². The van der Waals surface area contributed by atoms with Gasteiger partial charge in [-0.2, -0.15) is 0 Å². The number of halogens is 1. The predicted molar refractivity (Wildman–Crippen MR) is 94.6 cm³/mol. The van der Waals surface area contributed by atoms with E-state index in [1.165, 1.54) is 14.9 Å². The maximum absolute atomic E-state index is 3.68. The van der Waals surface area contributed by atoms with Crippen molar-refractivity contribution in [2.24, 2.45) is 0 Å². The Kier molecular flexibility index (Phi) is 8.85. The third-order valence-corrected chi connectivity index (χ3v) is 5.01. The van der Waals surface area contributed by atoms with E-state index in [0.717, 1.165) is 31.9 Å². The minimum Gasteiger partial charge on any atom is -0.310 e. The largest absolute Gasteiger partial charge is 0.310 e. The fourth-order valence-corrected chi connectivity index (χ4v) is 3.53. The fourth-order valence-electron chi connectivity index (χ4n) is 1.91. The van der Waals surface area contributed by atoms with Crippen molar-refractivity contribution in [1.29, 1.82) is 0 Å². The highest BCUT2D eigenvalue weighted by molar-refractivity contribution is 9.10. The van der Waals surface area contributed by atoms with Crippen LogP contribution in [-0.2, 0) is 6.54 Å². The van der Waals surface area contributed by atoms with Crippen LogP contribution in [0.25, 0.3) is 0 Å². The summed E-state index contributed by atoms with van der Waals surface area (Å²) in [6.45, 7) is 13.1. The number of hydrogen-bond donors (Lipinski definition) is 1. The molecule has 0 spiro atoms. The molecule has 0 atom stereocenters. The summed E-state index contributed by atoms with van der Waals surface area (Å²) in [5.41, 5.74) is 1.33. The molecule has 0 aromatic heterocycles. The number of nitrogens with zero attached hydrogens (tertiary/aromatic N) is 1. The Balaban J connectivity index is 2.46. The molecule has 1 aromatic carbocycles. The first kappa shape index (κ1) is 18.0. The molecule has 1 rings (SSSR count). The van der Waals surface area contributed by atoms with Crippen LogP contribution in [0.5, 0.6) is 0 Å². The fraction of sp³-hybridized carbons (Fsp3) is 0.625. The SMILES string of the molecule is CCN(CC)CCSc1ccc(CNC(C)C)c(Br)c1. The molecule has 0 aliphatic rings. The highest BCUT2D eigenvalue weighted by Crippen LogP contribution is 2.25. The smallest absolute Gasteiger partial charge is 0.0231 e. The Morgan fingerprint density at radius 3 is 2.50 bits per heavy atom. The minimum absolute atomic E-state index is 0.519. The van der Waals surface area contributed by atoms with E-state index in [4.69, 9.17) is 0 Å². The number of hydrogen-bond acceptors (Lipinski definition) is 3. The molecular formula is C16H27BrN2S. The second-order valence-corrected chi connectivity index (χ2v) is 7.19. The number of benzene rings is 1. The third kappa shape index (κ3) is 6.61. The molecule has 4 heteroatoms. The van der Waals surface area contributed by atoms with Crippen LogP contribution in [0.1, 0.15) is 33.3 Å². The first-order valence-electron chi connectivity index (χ1n) is 7.43. The predicted octanol–water partition coefficient (Wildman–Crippen LogP) is 4.38. The van der Waals surface area contributed by atoms with Gasteiger partial charge in [0.1, 0.15) is 0 Å². The van der Waals surface area contributed by atoms with Gasteiger partial charge >= 0.3 is 0 Å². The van der Waals surface area contributed by atoms with E-state index in [9.17, 15) is 0 Å². The number of rotatable bonds is 9. The van der Waals surface area contributed by atoms with E-state index in [-0.39, 0.29) is 0 Å². The maximum atomic E-state index is 3.68. The van der Waals surface area contributed by atoms with Gasteiger partial charge in [0.25, 0.3) is 0 Å². The Bertz CT molecular complexity index is 392. The first-order chi connectivity index (χ1) is 9.56. The second kappa shape index (κ2) is 9.82. The summed E-state index contributed by atoms with van der Waals surface area (Å²) in [5.74, 6) is 1.15. The highest BCUT2D eigenvalue weighted by atomic mass is 79.9. The second-order valence-electron chi connectivity index (χ2n) is 5.16. The molecule has 0 radical (unpaired) electrons. The van der Waals surface area contributed by atoms with Crippen LogP contribution in [0.15, 0.2) is 27.6 Å². The molecular weight excluding hydrogens is 332 g/mol. The lowest BCUT2D eigenvalue weighted by Gasteiger charge is -2.17. The van der Waals surface area contributed by atoms with Gasteiger partial charge in [-0.1, -0.05) is 49.7 Å². The number of nitrogens with one attached hydrogen (secondary N) is 1. The van der Waals surface area contributed by atoms with E-state index in [1.807, 2.05) is 11.8 Å². The van der Waals surface area contributed by atoms with Crippen molar-refractivity contribution in [3.8, 4) is 0 Å². The molecule has 0 fully saturated rings. The molecule has 1 aromatic rings. The molecule has 0 heterocycles. The van der Waals surface area contributed by atoms with E-state index in [1.54, 1.807) is 0 Å². The summed E-state index contributed by atoms with van der Waals surface area (Å²) >= 11 is 5.62. The molecule has 20 heavy (non-hydrogen) atoms. The van der Waals surface area contributed by atoms with Gasteiger partial charge in [0, 0.05) is 34.3 Å². The first-order valence-corrected chi connectivity index (χ1v) is 9.21. The minimum atomic E-state index is 0.519. The van der Waals surface area contributed by atoms with Crippen molar-refractivity contribution < 1.29 is 0 Å². The maximum Gasteiger partial charge on any atom is 0.0231 e. The Hall–Kier alpha value is -0.0300. The van der Waals surface area contributed by atoms with Gasteiger partial charge in [0.15, 0.2) is 0 Å². The average Bonchev–Trinajstić information content (AvgIpc) is 2.42. The highest BCUT2D eigenvalue weighted by Gasteiger charge is 2.04. The van der Waals surface area contributed by atoms with Crippen molar-refractivity contribution in [3.05, 3.63) is 28.2 Å². The lowest BCUT2D eigenvalue weighted by atomic mass is 10.2. The zero-order chi connectivity index (χ0) is 15.0. The molecule has 0 saturated carbocycles. The summed E-state index contributed by atoms with van der Waals surface area (Å²) in [4.78, 5) is 3.81. The zero-order valence-corrected chi connectivity index (χ0v) is 15.5. The summed E-state index contributed by atoms with van der Waals surface area (Å²) in [6, 6.07) is 7.21. The van der Waals surface area contributed by atoms with Crippen molar-refractivity contribution in [1.82, 2.24) is 10.2 Å². The Morgan fingerprint density at radius 2 is 1.95 bits per heavy atom. The van der Waals surface area contributed by atoms with Crippen molar-refractivity contribution >= 4 is 27.7 Å². The monoisotopic (exact) mass is 358 g/mol. The van der Waals surface area contributed by atoms with Gasteiger partial charge in [-0.3, -0.25) is 0 Å². The van der Waals surface area contributed by atoms with Crippen LogP contribution in [-0.4, -0.2) is 36.3 Å². The lowest BCUT2D eigenvalue weighted by Crippen LogP contribution is -2.25. The van der Waals surface area contributed by atoms with Crippen LogP contribution < -0.4 is 5.32 Å². The van der Waals surface area contributed by atoms with Crippen LogP contribution in [0.3, 0.4) is 0 Å². The van der Waals surface area contributed by atoms with E-state index >= 15 is 0 Å². The summed E-state index contributed by atoms with van der Waals surface area (Å²) in [7, 11) is 0. The van der Waals surface area contributed by atoms with Gasteiger partial charge in [-0.25, -0.2) is 0 Å². The number of thioether (sulfide) groups is 1. The molecule has 2 nitrogen and oxygen atoms in total. The van der Waals surface area contributed by atoms with Gasteiger partial charge in [0.05, 0.1) is 0 Å². The zero-order valence-electron chi connectivity index (χ0n) is 13.1. The molecule has 0 amide bonds. The van der Waals surface area contributed by atoms with Crippen LogP contribution in [0, 0.1) is 0 Å². The molecule has 1 N–H and O–H groups in total. The van der Waals surface area contributed by atoms with Crippen LogP contribution >= 0.6 is 27.7 Å². The normalized spacial score (nSPS) is 11.6. The quantitative estimate of drug-likeness (QED) is 0.659. The molecule has 0 bridgehead atoms. The van der Waals surface area contributed by atoms with E-state index < -0.39 is 0 Å². The molecule has 0 saturated heterocycles. The Labute approximate surface area is 136 Å². The van der Waals surface area contributed by atoms with Crippen molar-refractivity contribution in [2.45, 2.75) is 45.2 Å². The van der Waals surface area contributed by atoms with Crippen LogP contribution in [0.4, 0.5) is 0 Å². The van der Waals surface area contributed by atoms with Gasteiger partial charge in [-0.15, -0.1) is 11.8 Å².